The molecule has 0 radical (unpaired) electrons. The fourth-order valence-corrected chi connectivity index (χ4v) is 3.49. The zero-order valence-corrected chi connectivity index (χ0v) is 20.6. The average molecular weight is 483 g/mol. The van der Waals surface area contributed by atoms with Crippen molar-refractivity contribution in [3.8, 4) is 0 Å². The van der Waals surface area contributed by atoms with E-state index < -0.39 is 5.82 Å². The van der Waals surface area contributed by atoms with Gasteiger partial charge in [-0.1, -0.05) is 50.1 Å². The Labute approximate surface area is 206 Å². The number of halogens is 2. The molecule has 2 N–H and O–H groups in total. The number of hydrogen-bond donors (Lipinski definition) is 2. The molecular formula is C27H32ClFN4O. The van der Waals surface area contributed by atoms with Crippen LogP contribution >= 0.6 is 11.6 Å². The predicted octanol–water partition coefficient (Wildman–Crippen LogP) is 6.59. The van der Waals surface area contributed by atoms with Gasteiger partial charge in [-0.05, 0) is 67.3 Å². The number of aryl methyl sites for hydroxylation is 1. The molecule has 0 fully saturated rings. The van der Waals surface area contributed by atoms with Crippen molar-refractivity contribution >= 4 is 29.4 Å². The molecule has 1 unspecified atom stereocenters. The lowest BCUT2D eigenvalue weighted by Gasteiger charge is -2.15. The van der Waals surface area contributed by atoms with Gasteiger partial charge in [0, 0.05) is 17.8 Å². The Balaban J connectivity index is 2.38. The number of hydrogen-bond acceptors (Lipinski definition) is 4. The van der Waals surface area contributed by atoms with Gasteiger partial charge in [0.05, 0.1) is 22.6 Å². The van der Waals surface area contributed by atoms with Crippen molar-refractivity contribution in [2.75, 3.05) is 12.0 Å². The minimum Gasteiger partial charge on any atom is -0.365 e. The first-order chi connectivity index (χ1) is 16.5. The quantitative estimate of drug-likeness (QED) is 0.192. The van der Waals surface area contributed by atoms with Gasteiger partial charge in [0.2, 0.25) is 6.41 Å². The molecule has 0 spiro atoms. The topological polar surface area (TPSA) is 66.4 Å². The predicted molar refractivity (Wildman–Crippen MR) is 140 cm³/mol. The second-order valence-corrected chi connectivity index (χ2v) is 7.99. The van der Waals surface area contributed by atoms with E-state index in [0.29, 0.717) is 13.1 Å². The number of nitrogens with zero attached hydrogens (tertiary/aromatic N) is 2. The van der Waals surface area contributed by atoms with Crippen molar-refractivity contribution in [2.24, 2.45) is 4.99 Å². The third kappa shape index (κ3) is 8.60. The Morgan fingerprint density at radius 2 is 2.06 bits per heavy atom. The number of aliphatic imine (C=N–C) groups is 1. The van der Waals surface area contributed by atoms with E-state index in [-0.39, 0.29) is 10.9 Å². The second-order valence-electron chi connectivity index (χ2n) is 7.58. The van der Waals surface area contributed by atoms with E-state index in [4.69, 9.17) is 16.6 Å². The number of amides is 1. The second kappa shape index (κ2) is 14.8. The molecule has 7 heteroatoms. The highest BCUT2D eigenvalue weighted by Crippen LogP contribution is 2.28. The zero-order valence-electron chi connectivity index (χ0n) is 19.9. The maximum Gasteiger partial charge on any atom is 0.211 e. The third-order valence-corrected chi connectivity index (χ3v) is 5.43. The zero-order chi connectivity index (χ0) is 24.8. The van der Waals surface area contributed by atoms with Gasteiger partial charge in [-0.3, -0.25) is 14.8 Å². The van der Waals surface area contributed by atoms with E-state index in [2.05, 4.69) is 29.5 Å². The van der Waals surface area contributed by atoms with Gasteiger partial charge in [0.25, 0.3) is 0 Å². The number of nitrogens with one attached hydrogen (secondary N) is 2. The Hall–Kier alpha value is -3.25. The summed E-state index contributed by atoms with van der Waals surface area (Å²) in [7, 11) is 0. The van der Waals surface area contributed by atoms with Crippen molar-refractivity contribution in [3.05, 3.63) is 94.7 Å². The minimum absolute atomic E-state index is 0.0538. The number of pyridine rings is 1. The standard InChI is InChI=1S/C27H32ClFN4O/c1-4-7-20(21-9-12-25(28)26(29)16-21)15-22(13-14-30-19-34)27(8-5-2)33-18-32-24-11-10-23(6-3)31-17-24/h5,8-17,19-20,32H,4,6-7,18H2,1-3H3,(H,30,34)/b8-5-,14-13-,22-15-,33-27+. The van der Waals surface area contributed by atoms with Crippen LogP contribution in [-0.2, 0) is 11.2 Å². The first-order valence-electron chi connectivity index (χ1n) is 11.4. The molecule has 34 heavy (non-hydrogen) atoms. The van der Waals surface area contributed by atoms with Gasteiger partial charge in [-0.2, -0.15) is 0 Å². The monoisotopic (exact) mass is 482 g/mol. The van der Waals surface area contributed by atoms with Gasteiger partial charge in [-0.15, -0.1) is 0 Å². The molecule has 1 atom stereocenters. The van der Waals surface area contributed by atoms with Crippen LogP contribution in [0.5, 0.6) is 0 Å². The minimum atomic E-state index is -0.442. The molecule has 0 saturated heterocycles. The van der Waals surface area contributed by atoms with Crippen molar-refractivity contribution in [2.45, 2.75) is 46.0 Å². The number of benzene rings is 1. The highest BCUT2D eigenvalue weighted by atomic mass is 35.5. The first-order valence-corrected chi connectivity index (χ1v) is 11.8. The molecule has 0 aliphatic carbocycles. The smallest absolute Gasteiger partial charge is 0.211 e. The molecule has 2 rings (SSSR count). The van der Waals surface area contributed by atoms with Crippen LogP contribution in [0.1, 0.15) is 50.8 Å². The molecule has 2 aromatic rings. The number of aromatic nitrogens is 1. The number of rotatable bonds is 13. The Bertz CT molecular complexity index is 1050. The summed E-state index contributed by atoms with van der Waals surface area (Å²) < 4.78 is 14.2. The van der Waals surface area contributed by atoms with E-state index in [0.717, 1.165) is 47.5 Å². The number of carbonyl (C=O) groups is 1. The largest absolute Gasteiger partial charge is 0.365 e. The SMILES string of the molecule is C\C=C/C(=N\CNc1ccc(CC)nc1)C(/C=C\NC=O)=C\C(CCC)c1ccc(Cl)c(F)c1. The van der Waals surface area contributed by atoms with Gasteiger partial charge >= 0.3 is 0 Å². The molecular weight excluding hydrogens is 451 g/mol. The molecule has 1 heterocycles. The van der Waals surface area contributed by atoms with Gasteiger partial charge in [-0.25, -0.2) is 4.39 Å². The molecule has 1 aromatic heterocycles. The summed E-state index contributed by atoms with van der Waals surface area (Å²) in [4.78, 5) is 19.9. The van der Waals surface area contributed by atoms with E-state index in [9.17, 15) is 9.18 Å². The molecule has 0 bridgehead atoms. The molecule has 5 nitrogen and oxygen atoms in total. The van der Waals surface area contributed by atoms with E-state index in [1.807, 2.05) is 43.4 Å². The normalized spacial score (nSPS) is 13.4. The van der Waals surface area contributed by atoms with Crippen molar-refractivity contribution in [1.82, 2.24) is 10.3 Å². The van der Waals surface area contributed by atoms with E-state index in [1.54, 1.807) is 24.5 Å². The summed E-state index contributed by atoms with van der Waals surface area (Å²) in [5.41, 5.74) is 4.28. The summed E-state index contributed by atoms with van der Waals surface area (Å²) in [6.45, 7) is 6.40. The van der Waals surface area contributed by atoms with Crippen LogP contribution in [0, 0.1) is 5.82 Å². The van der Waals surface area contributed by atoms with Crippen LogP contribution in [0.3, 0.4) is 0 Å². The number of allylic oxidation sites excluding steroid dienone is 5. The van der Waals surface area contributed by atoms with Crippen LogP contribution in [0.15, 0.2) is 77.6 Å². The maximum atomic E-state index is 14.2. The summed E-state index contributed by atoms with van der Waals surface area (Å²) in [6.07, 6.45) is 14.2. The van der Waals surface area contributed by atoms with Crippen molar-refractivity contribution < 1.29 is 9.18 Å². The Kier molecular flexibility index (Phi) is 11.8. The Morgan fingerprint density at radius 3 is 2.68 bits per heavy atom. The Morgan fingerprint density at radius 1 is 1.24 bits per heavy atom. The first kappa shape index (κ1) is 27.0. The number of carbonyl (C=O) groups excluding carboxylic acids is 1. The third-order valence-electron chi connectivity index (χ3n) is 5.12. The molecule has 0 saturated carbocycles. The van der Waals surface area contributed by atoms with Crippen molar-refractivity contribution in [3.63, 3.8) is 0 Å². The van der Waals surface area contributed by atoms with Crippen LogP contribution in [-0.4, -0.2) is 23.8 Å². The lowest BCUT2D eigenvalue weighted by Crippen LogP contribution is -2.08. The van der Waals surface area contributed by atoms with Gasteiger partial charge in [0.15, 0.2) is 0 Å². The van der Waals surface area contributed by atoms with Crippen molar-refractivity contribution in [1.29, 1.82) is 0 Å². The fraction of sp³-hybridized carbons (Fsp3) is 0.296. The lowest BCUT2D eigenvalue weighted by atomic mass is 9.91. The molecule has 0 aliphatic heterocycles. The molecule has 0 aliphatic rings. The van der Waals surface area contributed by atoms with Crippen LogP contribution in [0.25, 0.3) is 0 Å². The molecule has 180 valence electrons. The summed E-state index contributed by atoms with van der Waals surface area (Å²) in [5.74, 6) is -0.496. The average Bonchev–Trinajstić information content (AvgIpc) is 2.84. The fourth-order valence-electron chi connectivity index (χ4n) is 3.37. The van der Waals surface area contributed by atoms with Crippen LogP contribution in [0.2, 0.25) is 5.02 Å². The van der Waals surface area contributed by atoms with Gasteiger partial charge in [0.1, 0.15) is 12.5 Å². The number of anilines is 1. The molecule has 1 aromatic carbocycles. The van der Waals surface area contributed by atoms with E-state index >= 15 is 0 Å². The summed E-state index contributed by atoms with van der Waals surface area (Å²) in [5, 5.41) is 5.91. The van der Waals surface area contributed by atoms with Crippen LogP contribution < -0.4 is 10.6 Å². The summed E-state index contributed by atoms with van der Waals surface area (Å²) in [6, 6.07) is 8.86. The summed E-state index contributed by atoms with van der Waals surface area (Å²) >= 11 is 5.89. The van der Waals surface area contributed by atoms with Crippen LogP contribution in [0.4, 0.5) is 10.1 Å². The lowest BCUT2D eigenvalue weighted by molar-refractivity contribution is -0.108. The van der Waals surface area contributed by atoms with E-state index in [1.165, 1.54) is 6.07 Å². The maximum absolute atomic E-state index is 14.2. The highest BCUT2D eigenvalue weighted by Gasteiger charge is 2.13. The molecule has 1 amide bonds. The van der Waals surface area contributed by atoms with Gasteiger partial charge < -0.3 is 10.6 Å². The highest BCUT2D eigenvalue weighted by molar-refractivity contribution is 6.30.